The molecule has 2 aromatic rings. The van der Waals surface area contributed by atoms with Crippen molar-refractivity contribution in [3.63, 3.8) is 0 Å². The number of fused-ring (bicyclic) bond motifs is 1. The van der Waals surface area contributed by atoms with E-state index in [2.05, 4.69) is 4.98 Å². The quantitative estimate of drug-likeness (QED) is 0.663. The van der Waals surface area contributed by atoms with Crippen LogP contribution in [0.5, 0.6) is 0 Å². The second-order valence-electron chi connectivity index (χ2n) is 3.48. The first-order valence-electron chi connectivity index (χ1n) is 4.40. The first-order chi connectivity index (χ1) is 6.89. The van der Waals surface area contributed by atoms with Crippen molar-refractivity contribution in [3.05, 3.63) is 29.6 Å². The predicted molar refractivity (Wildman–Crippen MR) is 64.7 cm³/mol. The molecular formula is C10H9Cl3N2. The van der Waals surface area contributed by atoms with Gasteiger partial charge in [0.15, 0.2) is 5.82 Å². The molecule has 80 valence electrons. The Morgan fingerprint density at radius 3 is 2.53 bits per heavy atom. The number of hydrogen-bond donors (Lipinski definition) is 0. The van der Waals surface area contributed by atoms with E-state index in [9.17, 15) is 0 Å². The van der Waals surface area contributed by atoms with E-state index in [-0.39, 0.29) is 0 Å². The molecule has 0 saturated carbocycles. The number of halogens is 3. The third-order valence-electron chi connectivity index (χ3n) is 2.29. The van der Waals surface area contributed by atoms with Crippen molar-refractivity contribution < 1.29 is 0 Å². The summed E-state index contributed by atoms with van der Waals surface area (Å²) < 4.78 is 0.309. The fourth-order valence-electron chi connectivity index (χ4n) is 1.56. The zero-order valence-electron chi connectivity index (χ0n) is 8.26. The van der Waals surface area contributed by atoms with Crippen molar-refractivity contribution in [3.8, 4) is 0 Å². The largest absolute Gasteiger partial charge is 0.327 e. The third-order valence-corrected chi connectivity index (χ3v) is 2.80. The number of alkyl halides is 3. The van der Waals surface area contributed by atoms with E-state index >= 15 is 0 Å². The van der Waals surface area contributed by atoms with E-state index in [1.165, 1.54) is 0 Å². The molecule has 0 aliphatic rings. The van der Waals surface area contributed by atoms with E-state index in [1.807, 2.05) is 32.2 Å². The average Bonchev–Trinajstić information content (AvgIpc) is 2.42. The number of aryl methyl sites for hydroxylation is 2. The smallest absolute Gasteiger partial charge is 0.248 e. The van der Waals surface area contributed by atoms with Gasteiger partial charge in [-0.05, 0) is 24.6 Å². The summed E-state index contributed by atoms with van der Waals surface area (Å²) in [5.41, 5.74) is 2.94. The molecule has 0 radical (unpaired) electrons. The van der Waals surface area contributed by atoms with Gasteiger partial charge in [-0.2, -0.15) is 0 Å². The maximum atomic E-state index is 5.82. The van der Waals surface area contributed by atoms with Crippen molar-refractivity contribution in [2.45, 2.75) is 10.7 Å². The number of imidazole rings is 1. The van der Waals surface area contributed by atoms with E-state index < -0.39 is 3.79 Å². The molecule has 0 amide bonds. The van der Waals surface area contributed by atoms with E-state index in [1.54, 1.807) is 4.57 Å². The Kier molecular flexibility index (Phi) is 2.61. The van der Waals surface area contributed by atoms with Gasteiger partial charge in [0, 0.05) is 7.05 Å². The summed E-state index contributed by atoms with van der Waals surface area (Å²) in [4.78, 5) is 4.31. The summed E-state index contributed by atoms with van der Waals surface area (Å²) in [6.45, 7) is 2.00. The third kappa shape index (κ3) is 1.94. The van der Waals surface area contributed by atoms with Gasteiger partial charge in [-0.15, -0.1) is 0 Å². The van der Waals surface area contributed by atoms with Gasteiger partial charge in [0.05, 0.1) is 11.0 Å². The van der Waals surface area contributed by atoms with Crippen molar-refractivity contribution in [1.82, 2.24) is 9.55 Å². The first kappa shape index (κ1) is 11.1. The second kappa shape index (κ2) is 3.55. The van der Waals surface area contributed by atoms with Crippen LogP contribution in [0.25, 0.3) is 11.0 Å². The molecule has 0 spiro atoms. The molecule has 1 aromatic carbocycles. The van der Waals surface area contributed by atoms with Crippen LogP contribution in [0.2, 0.25) is 0 Å². The van der Waals surface area contributed by atoms with Crippen molar-refractivity contribution >= 4 is 45.8 Å². The summed E-state index contributed by atoms with van der Waals surface area (Å²) in [6, 6.07) is 5.94. The monoisotopic (exact) mass is 262 g/mol. The molecule has 0 aliphatic heterocycles. The molecule has 1 aromatic heterocycles. The van der Waals surface area contributed by atoms with Gasteiger partial charge in [-0.3, -0.25) is 0 Å². The molecule has 5 heteroatoms. The lowest BCUT2D eigenvalue weighted by Gasteiger charge is -2.09. The van der Waals surface area contributed by atoms with Crippen LogP contribution < -0.4 is 0 Å². The Bertz CT molecular complexity index is 511. The van der Waals surface area contributed by atoms with E-state index in [0.717, 1.165) is 16.6 Å². The molecule has 2 nitrogen and oxygen atoms in total. The highest BCUT2D eigenvalue weighted by Crippen LogP contribution is 2.38. The number of hydrogen-bond acceptors (Lipinski definition) is 1. The lowest BCUT2D eigenvalue weighted by molar-refractivity contribution is 0.841. The Labute approximate surface area is 103 Å². The highest BCUT2D eigenvalue weighted by molar-refractivity contribution is 6.66. The van der Waals surface area contributed by atoms with Crippen LogP contribution in [0.1, 0.15) is 11.4 Å². The van der Waals surface area contributed by atoms with Gasteiger partial charge < -0.3 is 4.57 Å². The number of benzene rings is 1. The lowest BCUT2D eigenvalue weighted by Crippen LogP contribution is -2.08. The number of rotatable bonds is 0. The minimum atomic E-state index is -1.48. The zero-order valence-corrected chi connectivity index (χ0v) is 10.5. The van der Waals surface area contributed by atoms with Crippen LogP contribution in [0, 0.1) is 6.92 Å². The van der Waals surface area contributed by atoms with Crippen LogP contribution in [0.4, 0.5) is 0 Å². The van der Waals surface area contributed by atoms with Gasteiger partial charge in [0.1, 0.15) is 0 Å². The Hall–Kier alpha value is -0.440. The van der Waals surface area contributed by atoms with E-state index in [4.69, 9.17) is 34.8 Å². The summed E-state index contributed by atoms with van der Waals surface area (Å²) in [7, 11) is 1.84. The van der Waals surface area contributed by atoms with Gasteiger partial charge in [-0.25, -0.2) is 4.98 Å². The minimum absolute atomic E-state index is 0.438. The second-order valence-corrected chi connectivity index (χ2v) is 5.77. The van der Waals surface area contributed by atoms with Crippen LogP contribution >= 0.6 is 34.8 Å². The maximum absolute atomic E-state index is 5.82. The molecule has 0 aliphatic carbocycles. The average molecular weight is 264 g/mol. The molecule has 0 fully saturated rings. The molecule has 15 heavy (non-hydrogen) atoms. The van der Waals surface area contributed by atoms with Crippen LogP contribution in [-0.4, -0.2) is 9.55 Å². The molecule has 1 heterocycles. The zero-order chi connectivity index (χ0) is 11.2. The summed E-state index contributed by atoms with van der Waals surface area (Å²) in [5, 5.41) is 0. The maximum Gasteiger partial charge on any atom is 0.248 e. The lowest BCUT2D eigenvalue weighted by atomic mass is 10.2. The van der Waals surface area contributed by atoms with Crippen molar-refractivity contribution in [2.24, 2.45) is 7.05 Å². The molecule has 0 saturated heterocycles. The fourth-order valence-corrected chi connectivity index (χ4v) is 2.07. The standard InChI is InChI=1S/C10H9Cl3N2/c1-6-3-4-8-7(5-6)14-9(15(8)2)10(11,12)13/h3-5H,1-2H3. The Morgan fingerprint density at radius 2 is 1.93 bits per heavy atom. The van der Waals surface area contributed by atoms with Gasteiger partial charge in [0.25, 0.3) is 0 Å². The molecule has 0 unspecified atom stereocenters. The number of nitrogens with zero attached hydrogens (tertiary/aromatic N) is 2. The Morgan fingerprint density at radius 1 is 1.27 bits per heavy atom. The molecule has 0 N–H and O–H groups in total. The summed E-state index contributed by atoms with van der Waals surface area (Å²) >= 11 is 17.5. The summed E-state index contributed by atoms with van der Waals surface area (Å²) in [6.07, 6.45) is 0. The minimum Gasteiger partial charge on any atom is -0.327 e. The fraction of sp³-hybridized carbons (Fsp3) is 0.300. The number of aromatic nitrogens is 2. The first-order valence-corrected chi connectivity index (χ1v) is 5.53. The SMILES string of the molecule is Cc1ccc2c(c1)nc(C(Cl)(Cl)Cl)n2C. The van der Waals surface area contributed by atoms with Crippen molar-refractivity contribution in [2.75, 3.05) is 0 Å². The highest BCUT2D eigenvalue weighted by Gasteiger charge is 2.29. The molecule has 0 bridgehead atoms. The Balaban J connectivity index is 2.75. The highest BCUT2D eigenvalue weighted by atomic mass is 35.6. The molecule has 2 rings (SSSR count). The van der Waals surface area contributed by atoms with Gasteiger partial charge in [-0.1, -0.05) is 40.9 Å². The molecular weight excluding hydrogens is 254 g/mol. The summed E-state index contributed by atoms with van der Waals surface area (Å²) in [5.74, 6) is 0.438. The van der Waals surface area contributed by atoms with Crippen LogP contribution in [0.3, 0.4) is 0 Å². The van der Waals surface area contributed by atoms with Crippen molar-refractivity contribution in [1.29, 1.82) is 0 Å². The van der Waals surface area contributed by atoms with Gasteiger partial charge >= 0.3 is 0 Å². The van der Waals surface area contributed by atoms with Crippen LogP contribution in [-0.2, 0) is 10.8 Å². The van der Waals surface area contributed by atoms with Gasteiger partial charge in [0.2, 0.25) is 3.79 Å². The van der Waals surface area contributed by atoms with Crippen LogP contribution in [0.15, 0.2) is 18.2 Å². The van der Waals surface area contributed by atoms with E-state index in [0.29, 0.717) is 5.82 Å². The predicted octanol–water partition coefficient (Wildman–Crippen LogP) is 3.71. The molecule has 0 atom stereocenters. The normalized spacial score (nSPS) is 12.3. The topological polar surface area (TPSA) is 17.8 Å².